The number of amides is 2. The minimum atomic E-state index is -0.907. The van der Waals surface area contributed by atoms with E-state index >= 15 is 0 Å². The zero-order chi connectivity index (χ0) is 24.5. The highest BCUT2D eigenvalue weighted by Crippen LogP contribution is 2.34. The Morgan fingerprint density at radius 3 is 2.56 bits per heavy atom. The number of benzene rings is 1. The third kappa shape index (κ3) is 6.88. The van der Waals surface area contributed by atoms with Crippen LogP contribution < -0.4 is 15.5 Å². The normalized spacial score (nSPS) is 14.9. The second kappa shape index (κ2) is 12.3. The van der Waals surface area contributed by atoms with Crippen LogP contribution in [0.15, 0.2) is 30.6 Å². The van der Waals surface area contributed by atoms with Crippen molar-refractivity contribution in [2.75, 3.05) is 49.0 Å². The summed E-state index contributed by atoms with van der Waals surface area (Å²) in [6.07, 6.45) is 4.81. The van der Waals surface area contributed by atoms with E-state index in [0.29, 0.717) is 30.4 Å². The number of nitrogens with one attached hydrogen (secondary N) is 2. The molecular weight excluding hydrogens is 438 g/mol. The molecule has 0 spiro atoms. The minimum Gasteiger partial charge on any atom is -0.481 e. The summed E-state index contributed by atoms with van der Waals surface area (Å²) in [5.41, 5.74) is 2.73. The van der Waals surface area contributed by atoms with Gasteiger partial charge in [0, 0.05) is 38.8 Å². The SMILES string of the molecule is CCN(c1ccc(C(COC)CC(=O)O)cc1NC(=O)Nc1cnc(C)nc1)C1CCOCC1. The van der Waals surface area contributed by atoms with E-state index in [1.54, 1.807) is 26.4 Å². The van der Waals surface area contributed by atoms with Crippen molar-refractivity contribution in [2.24, 2.45) is 0 Å². The quantitative estimate of drug-likeness (QED) is 0.479. The van der Waals surface area contributed by atoms with E-state index in [1.165, 1.54) is 0 Å². The second-order valence-corrected chi connectivity index (χ2v) is 8.25. The molecule has 0 radical (unpaired) electrons. The molecule has 1 aliphatic rings. The third-order valence-electron chi connectivity index (χ3n) is 5.85. The fraction of sp³-hybridized carbons (Fsp3) is 0.500. The average Bonchev–Trinajstić information content (AvgIpc) is 2.82. The first-order chi connectivity index (χ1) is 16.4. The maximum atomic E-state index is 12.9. The summed E-state index contributed by atoms with van der Waals surface area (Å²) in [6.45, 7) is 6.26. The van der Waals surface area contributed by atoms with Gasteiger partial charge in [-0.05, 0) is 44.4 Å². The largest absolute Gasteiger partial charge is 0.481 e. The number of carbonyl (C=O) groups excluding carboxylic acids is 1. The summed E-state index contributed by atoms with van der Waals surface area (Å²) in [6, 6.07) is 5.56. The highest BCUT2D eigenvalue weighted by molar-refractivity contribution is 6.01. The average molecular weight is 472 g/mol. The molecule has 184 valence electrons. The van der Waals surface area contributed by atoms with Crippen LogP contribution in [-0.4, -0.2) is 66.6 Å². The minimum absolute atomic E-state index is 0.0724. The van der Waals surface area contributed by atoms with Gasteiger partial charge in [0.15, 0.2) is 0 Å². The van der Waals surface area contributed by atoms with E-state index in [1.807, 2.05) is 18.2 Å². The zero-order valence-electron chi connectivity index (χ0n) is 19.9. The fourth-order valence-corrected chi connectivity index (χ4v) is 4.21. The standard InChI is InChI=1S/C24H33N5O5/c1-4-29(20-7-9-34-10-8-20)22-6-5-17(18(15-33-3)12-23(30)31)11-21(22)28-24(32)27-19-13-25-16(2)26-14-19/h5-6,11,13-14,18,20H,4,7-10,12,15H2,1-3H3,(H,30,31)(H2,27,28,32). The van der Waals surface area contributed by atoms with Crippen molar-refractivity contribution in [3.8, 4) is 0 Å². The van der Waals surface area contributed by atoms with E-state index in [0.717, 1.165) is 30.6 Å². The molecule has 1 atom stereocenters. The van der Waals surface area contributed by atoms with Crippen molar-refractivity contribution >= 4 is 29.1 Å². The number of nitrogens with zero attached hydrogens (tertiary/aromatic N) is 3. The summed E-state index contributed by atoms with van der Waals surface area (Å²) in [4.78, 5) is 34.7. The number of hydrogen-bond donors (Lipinski definition) is 3. The molecule has 10 nitrogen and oxygen atoms in total. The van der Waals surface area contributed by atoms with Gasteiger partial charge in [-0.15, -0.1) is 0 Å². The van der Waals surface area contributed by atoms with Crippen LogP contribution in [-0.2, 0) is 14.3 Å². The van der Waals surface area contributed by atoms with Gasteiger partial charge in [0.1, 0.15) is 5.82 Å². The first kappa shape index (κ1) is 25.4. The summed E-state index contributed by atoms with van der Waals surface area (Å²) in [5.74, 6) is -0.641. The number of carbonyl (C=O) groups is 2. The molecule has 1 aromatic carbocycles. The molecule has 1 aliphatic heterocycles. The molecule has 2 aromatic rings. The Kier molecular flexibility index (Phi) is 9.17. The molecule has 2 heterocycles. The molecule has 0 aliphatic carbocycles. The maximum absolute atomic E-state index is 12.9. The Morgan fingerprint density at radius 1 is 1.24 bits per heavy atom. The van der Waals surface area contributed by atoms with Crippen molar-refractivity contribution in [3.63, 3.8) is 0 Å². The van der Waals surface area contributed by atoms with Crippen LogP contribution in [0.5, 0.6) is 0 Å². The summed E-state index contributed by atoms with van der Waals surface area (Å²) < 4.78 is 10.8. The molecule has 3 N–H and O–H groups in total. The molecule has 10 heteroatoms. The van der Waals surface area contributed by atoms with Crippen LogP contribution in [0.1, 0.15) is 43.5 Å². The molecule has 34 heavy (non-hydrogen) atoms. The van der Waals surface area contributed by atoms with Crippen LogP contribution in [0, 0.1) is 6.92 Å². The van der Waals surface area contributed by atoms with Gasteiger partial charge < -0.3 is 30.1 Å². The number of hydrogen-bond acceptors (Lipinski definition) is 7. The van der Waals surface area contributed by atoms with E-state index in [2.05, 4.69) is 32.4 Å². The van der Waals surface area contributed by atoms with Gasteiger partial charge in [0.25, 0.3) is 0 Å². The number of aromatic nitrogens is 2. The highest BCUT2D eigenvalue weighted by Gasteiger charge is 2.25. The van der Waals surface area contributed by atoms with Crippen LogP contribution in [0.25, 0.3) is 0 Å². The fourth-order valence-electron chi connectivity index (χ4n) is 4.21. The number of methoxy groups -OCH3 is 1. The van der Waals surface area contributed by atoms with Gasteiger partial charge in [-0.3, -0.25) is 4.79 Å². The lowest BCUT2D eigenvalue weighted by Gasteiger charge is -2.36. The summed E-state index contributed by atoms with van der Waals surface area (Å²) >= 11 is 0. The Labute approximate surface area is 199 Å². The number of carboxylic acids is 1. The van der Waals surface area contributed by atoms with Crippen LogP contribution in [0.2, 0.25) is 0 Å². The topological polar surface area (TPSA) is 126 Å². The van der Waals surface area contributed by atoms with E-state index in [4.69, 9.17) is 9.47 Å². The molecule has 1 fully saturated rings. The Morgan fingerprint density at radius 2 is 1.94 bits per heavy atom. The lowest BCUT2D eigenvalue weighted by molar-refractivity contribution is -0.137. The number of aliphatic carboxylic acids is 1. The van der Waals surface area contributed by atoms with Crippen molar-refractivity contribution in [3.05, 3.63) is 42.0 Å². The lowest BCUT2D eigenvalue weighted by Crippen LogP contribution is -2.40. The van der Waals surface area contributed by atoms with Gasteiger partial charge in [-0.1, -0.05) is 6.07 Å². The molecule has 2 amide bonds. The smallest absolute Gasteiger partial charge is 0.323 e. The molecule has 1 unspecified atom stereocenters. The Balaban J connectivity index is 1.92. The maximum Gasteiger partial charge on any atom is 0.323 e. The van der Waals surface area contributed by atoms with Gasteiger partial charge in [-0.25, -0.2) is 14.8 Å². The number of ether oxygens (including phenoxy) is 2. The molecule has 1 aromatic heterocycles. The number of anilines is 3. The Hall–Kier alpha value is -3.24. The number of aryl methyl sites for hydroxylation is 1. The van der Waals surface area contributed by atoms with E-state index in [9.17, 15) is 14.7 Å². The van der Waals surface area contributed by atoms with E-state index < -0.39 is 12.0 Å². The van der Waals surface area contributed by atoms with Gasteiger partial charge >= 0.3 is 12.0 Å². The van der Waals surface area contributed by atoms with Gasteiger partial charge in [0.05, 0.1) is 42.5 Å². The van der Waals surface area contributed by atoms with Gasteiger partial charge in [0.2, 0.25) is 0 Å². The van der Waals surface area contributed by atoms with Crippen LogP contribution in [0.4, 0.5) is 21.9 Å². The van der Waals surface area contributed by atoms with Gasteiger partial charge in [-0.2, -0.15) is 0 Å². The van der Waals surface area contributed by atoms with Crippen LogP contribution in [0.3, 0.4) is 0 Å². The zero-order valence-corrected chi connectivity index (χ0v) is 19.9. The summed E-state index contributed by atoms with van der Waals surface area (Å²) in [7, 11) is 1.55. The van der Waals surface area contributed by atoms with Crippen molar-refractivity contribution in [1.29, 1.82) is 0 Å². The van der Waals surface area contributed by atoms with Crippen molar-refractivity contribution < 1.29 is 24.2 Å². The summed E-state index contributed by atoms with van der Waals surface area (Å²) in [5, 5.41) is 15.1. The van der Waals surface area contributed by atoms with Crippen LogP contribution >= 0.6 is 0 Å². The molecule has 3 rings (SSSR count). The number of rotatable bonds is 10. The molecular formula is C24H33N5O5. The van der Waals surface area contributed by atoms with Crippen molar-refractivity contribution in [2.45, 2.75) is 45.1 Å². The lowest BCUT2D eigenvalue weighted by atomic mass is 9.95. The number of urea groups is 1. The molecule has 0 saturated carbocycles. The third-order valence-corrected chi connectivity index (χ3v) is 5.85. The predicted molar refractivity (Wildman–Crippen MR) is 130 cm³/mol. The first-order valence-electron chi connectivity index (χ1n) is 11.5. The Bertz CT molecular complexity index is 963. The van der Waals surface area contributed by atoms with Crippen molar-refractivity contribution in [1.82, 2.24) is 9.97 Å². The monoisotopic (exact) mass is 471 g/mol. The molecule has 1 saturated heterocycles. The van der Waals surface area contributed by atoms with E-state index in [-0.39, 0.29) is 25.0 Å². The molecule has 0 bridgehead atoms. The second-order valence-electron chi connectivity index (χ2n) is 8.25. The number of carboxylic acid groups (broad SMARTS) is 1. The highest BCUT2D eigenvalue weighted by atomic mass is 16.5. The first-order valence-corrected chi connectivity index (χ1v) is 11.5. The predicted octanol–water partition coefficient (Wildman–Crippen LogP) is 3.64.